The highest BCUT2D eigenvalue weighted by atomic mass is 35.5. The fraction of sp³-hybridized carbons (Fsp3) is 0.316. The van der Waals surface area contributed by atoms with Gasteiger partial charge in [-0.15, -0.1) is 0 Å². The Balaban J connectivity index is 1.85. The minimum atomic E-state index is -0.459. The Morgan fingerprint density at radius 1 is 1.19 bits per heavy atom. The van der Waals surface area contributed by atoms with Gasteiger partial charge in [-0.05, 0) is 38.2 Å². The lowest BCUT2D eigenvalue weighted by Crippen LogP contribution is -2.44. The van der Waals surface area contributed by atoms with Crippen LogP contribution in [0.25, 0.3) is 0 Å². The molecule has 142 valence electrons. The van der Waals surface area contributed by atoms with Crippen LogP contribution in [0, 0.1) is 17.0 Å². The molecule has 2 aromatic carbocycles. The highest BCUT2D eigenvalue weighted by Gasteiger charge is 2.21. The average molecular weight is 389 g/mol. The quantitative estimate of drug-likeness (QED) is 0.640. The van der Waals surface area contributed by atoms with Gasteiger partial charge in [0.25, 0.3) is 11.6 Å². The second kappa shape index (κ2) is 7.94. The second-order valence-electron chi connectivity index (χ2n) is 6.64. The van der Waals surface area contributed by atoms with E-state index in [4.69, 9.17) is 11.6 Å². The first-order valence-electron chi connectivity index (χ1n) is 8.65. The van der Waals surface area contributed by atoms with Crippen molar-refractivity contribution in [2.24, 2.45) is 0 Å². The lowest BCUT2D eigenvalue weighted by molar-refractivity contribution is -0.385. The number of likely N-dealkylation sites (N-methyl/N-ethyl adjacent to an activating group) is 1. The van der Waals surface area contributed by atoms with E-state index < -0.39 is 4.92 Å². The number of aryl methyl sites for hydroxylation is 1. The zero-order valence-electron chi connectivity index (χ0n) is 15.2. The van der Waals surface area contributed by atoms with Crippen LogP contribution >= 0.6 is 11.6 Å². The first kappa shape index (κ1) is 19.1. The molecule has 1 fully saturated rings. The number of nitrogens with one attached hydrogen (secondary N) is 1. The summed E-state index contributed by atoms with van der Waals surface area (Å²) in [6.07, 6.45) is 0. The van der Waals surface area contributed by atoms with Gasteiger partial charge in [-0.1, -0.05) is 17.7 Å². The van der Waals surface area contributed by atoms with Crippen molar-refractivity contribution in [1.29, 1.82) is 0 Å². The number of para-hydroxylation sites is 1. The molecule has 27 heavy (non-hydrogen) atoms. The number of benzene rings is 2. The zero-order chi connectivity index (χ0) is 19.6. The Kier molecular flexibility index (Phi) is 5.62. The monoisotopic (exact) mass is 388 g/mol. The molecule has 0 bridgehead atoms. The first-order chi connectivity index (χ1) is 12.9. The van der Waals surface area contributed by atoms with E-state index in [1.807, 2.05) is 6.07 Å². The third kappa shape index (κ3) is 4.20. The molecule has 0 aromatic heterocycles. The summed E-state index contributed by atoms with van der Waals surface area (Å²) in [5.41, 5.74) is 2.24. The van der Waals surface area contributed by atoms with Crippen LogP contribution in [-0.2, 0) is 0 Å². The molecule has 0 saturated carbocycles. The molecule has 1 aliphatic heterocycles. The number of nitro groups is 1. The summed E-state index contributed by atoms with van der Waals surface area (Å²) in [6, 6.07) is 9.74. The Labute approximate surface area is 162 Å². The lowest BCUT2D eigenvalue weighted by atomic mass is 10.1. The van der Waals surface area contributed by atoms with E-state index in [1.165, 1.54) is 18.2 Å². The van der Waals surface area contributed by atoms with Crippen molar-refractivity contribution in [3.05, 3.63) is 62.7 Å². The van der Waals surface area contributed by atoms with Crippen molar-refractivity contribution in [2.45, 2.75) is 6.92 Å². The molecule has 8 heteroatoms. The number of carbonyl (C=O) groups excluding carboxylic acids is 1. The van der Waals surface area contributed by atoms with Gasteiger partial charge in [-0.25, -0.2) is 0 Å². The van der Waals surface area contributed by atoms with Gasteiger partial charge in [0.15, 0.2) is 0 Å². The van der Waals surface area contributed by atoms with Gasteiger partial charge in [0.05, 0.1) is 21.3 Å². The molecule has 0 radical (unpaired) electrons. The largest absolute Gasteiger partial charge is 0.366 e. The van der Waals surface area contributed by atoms with E-state index in [0.717, 1.165) is 31.9 Å². The molecule has 2 aromatic rings. The summed E-state index contributed by atoms with van der Waals surface area (Å²) in [7, 11) is 2.07. The summed E-state index contributed by atoms with van der Waals surface area (Å²) in [5, 5.41) is 14.4. The van der Waals surface area contributed by atoms with E-state index in [1.54, 1.807) is 19.1 Å². The summed E-state index contributed by atoms with van der Waals surface area (Å²) in [5.74, 6) is -0.328. The lowest BCUT2D eigenvalue weighted by Gasteiger charge is -2.35. The third-order valence-electron chi connectivity index (χ3n) is 4.71. The minimum Gasteiger partial charge on any atom is -0.366 e. The van der Waals surface area contributed by atoms with E-state index >= 15 is 0 Å². The number of rotatable bonds is 4. The minimum absolute atomic E-state index is 0.00701. The van der Waals surface area contributed by atoms with Gasteiger partial charge in [-0.3, -0.25) is 14.9 Å². The molecule has 1 saturated heterocycles. The Bertz CT molecular complexity index is 879. The van der Waals surface area contributed by atoms with Gasteiger partial charge < -0.3 is 15.1 Å². The van der Waals surface area contributed by atoms with Crippen LogP contribution in [-0.4, -0.2) is 49.0 Å². The summed E-state index contributed by atoms with van der Waals surface area (Å²) in [4.78, 5) is 27.6. The highest BCUT2D eigenvalue weighted by Crippen LogP contribution is 2.35. The van der Waals surface area contributed by atoms with E-state index in [0.29, 0.717) is 21.8 Å². The first-order valence-corrected chi connectivity index (χ1v) is 9.03. The Hall–Kier alpha value is -2.64. The third-order valence-corrected chi connectivity index (χ3v) is 5.02. The second-order valence-corrected chi connectivity index (χ2v) is 7.05. The Morgan fingerprint density at radius 3 is 2.52 bits per heavy atom. The number of nitrogens with zero attached hydrogens (tertiary/aromatic N) is 3. The van der Waals surface area contributed by atoms with Crippen molar-refractivity contribution >= 4 is 34.6 Å². The van der Waals surface area contributed by atoms with Crippen molar-refractivity contribution < 1.29 is 9.72 Å². The maximum atomic E-state index is 12.7. The molecule has 1 N–H and O–H groups in total. The molecule has 3 rings (SSSR count). The van der Waals surface area contributed by atoms with Gasteiger partial charge in [-0.2, -0.15) is 0 Å². The van der Waals surface area contributed by atoms with E-state index in [2.05, 4.69) is 22.2 Å². The normalized spacial score (nSPS) is 14.9. The molecule has 1 heterocycles. The van der Waals surface area contributed by atoms with Gasteiger partial charge in [0.2, 0.25) is 0 Å². The van der Waals surface area contributed by atoms with Crippen LogP contribution < -0.4 is 10.2 Å². The molecule has 7 nitrogen and oxygen atoms in total. The van der Waals surface area contributed by atoms with Crippen LogP contribution in [0.1, 0.15) is 15.9 Å². The number of carbonyl (C=O) groups is 1. The van der Waals surface area contributed by atoms with E-state index in [-0.39, 0.29) is 11.6 Å². The summed E-state index contributed by atoms with van der Waals surface area (Å²) < 4.78 is 0. The van der Waals surface area contributed by atoms with Crippen molar-refractivity contribution in [3.8, 4) is 0 Å². The molecule has 0 unspecified atom stereocenters. The fourth-order valence-electron chi connectivity index (χ4n) is 3.16. The number of anilines is 2. The van der Waals surface area contributed by atoms with Crippen LogP contribution in [0.5, 0.6) is 0 Å². The van der Waals surface area contributed by atoms with Crippen LogP contribution in [0.3, 0.4) is 0 Å². The highest BCUT2D eigenvalue weighted by molar-refractivity contribution is 6.34. The fourth-order valence-corrected chi connectivity index (χ4v) is 3.46. The molecule has 1 aliphatic rings. The molecule has 0 spiro atoms. The predicted molar refractivity (Wildman–Crippen MR) is 107 cm³/mol. The van der Waals surface area contributed by atoms with Crippen molar-refractivity contribution in [2.75, 3.05) is 43.4 Å². The number of piperazine rings is 1. The summed E-state index contributed by atoms with van der Waals surface area (Å²) in [6.45, 7) is 5.09. The van der Waals surface area contributed by atoms with Gasteiger partial charge in [0.1, 0.15) is 0 Å². The van der Waals surface area contributed by atoms with Crippen LogP contribution in [0.15, 0.2) is 36.4 Å². The smallest absolute Gasteiger partial charge is 0.272 e. The molecule has 0 aliphatic carbocycles. The molecular formula is C19H21ClN4O3. The SMILES string of the molecule is Cc1cc(C(=O)Nc2cccc(Cl)c2N2CCN(C)CC2)ccc1[N+](=O)[O-]. The average Bonchev–Trinajstić information content (AvgIpc) is 2.62. The standard InChI is InChI=1S/C19H21ClN4O3/c1-13-12-14(6-7-17(13)24(26)27)19(25)21-16-5-3-4-15(20)18(16)23-10-8-22(2)9-11-23/h3-7,12H,8-11H2,1-2H3,(H,21,25). The number of amides is 1. The number of hydrogen-bond acceptors (Lipinski definition) is 5. The molecular weight excluding hydrogens is 368 g/mol. The van der Waals surface area contributed by atoms with Crippen LogP contribution in [0.4, 0.5) is 17.1 Å². The molecule has 1 amide bonds. The van der Waals surface area contributed by atoms with Gasteiger partial charge in [0, 0.05) is 43.4 Å². The topological polar surface area (TPSA) is 78.7 Å². The molecule has 0 atom stereocenters. The van der Waals surface area contributed by atoms with Crippen molar-refractivity contribution in [3.63, 3.8) is 0 Å². The zero-order valence-corrected chi connectivity index (χ0v) is 16.0. The van der Waals surface area contributed by atoms with Crippen molar-refractivity contribution in [1.82, 2.24) is 4.90 Å². The van der Waals surface area contributed by atoms with E-state index in [9.17, 15) is 14.9 Å². The maximum Gasteiger partial charge on any atom is 0.272 e. The maximum absolute atomic E-state index is 12.7. The summed E-state index contributed by atoms with van der Waals surface area (Å²) >= 11 is 6.43. The van der Waals surface area contributed by atoms with Gasteiger partial charge >= 0.3 is 0 Å². The Morgan fingerprint density at radius 2 is 1.89 bits per heavy atom. The number of hydrogen-bond donors (Lipinski definition) is 1. The number of halogens is 1. The number of nitro benzene ring substituents is 1. The van der Waals surface area contributed by atoms with Crippen LogP contribution in [0.2, 0.25) is 5.02 Å². The predicted octanol–water partition coefficient (Wildman–Crippen LogP) is 3.56.